The molecule has 0 saturated carbocycles. The molecule has 1 N–H and O–H groups in total. The molecule has 1 amide bonds. The first-order valence-electron chi connectivity index (χ1n) is 8.48. The Morgan fingerprint density at radius 3 is 2.50 bits per heavy atom. The molecule has 2 aromatic rings. The Kier molecular flexibility index (Phi) is 5.49. The molecule has 0 spiro atoms. The van der Waals surface area contributed by atoms with E-state index < -0.39 is 10.0 Å². The van der Waals surface area contributed by atoms with Crippen molar-refractivity contribution < 1.29 is 17.9 Å². The van der Waals surface area contributed by atoms with Crippen LogP contribution in [0, 0.1) is 0 Å². The van der Waals surface area contributed by atoms with Crippen LogP contribution in [-0.2, 0) is 14.8 Å². The van der Waals surface area contributed by atoms with Gasteiger partial charge in [-0.2, -0.15) is 4.31 Å². The number of piperazine rings is 1. The zero-order chi connectivity index (χ0) is 18.7. The molecule has 1 fully saturated rings. The molecular weight excluding hydrogens is 356 g/mol. The van der Waals surface area contributed by atoms with Gasteiger partial charge in [-0.05, 0) is 24.3 Å². The lowest BCUT2D eigenvalue weighted by atomic mass is 10.2. The SMILES string of the molecule is COCCNC(=O)c1ccc2ccc(N3CCN(S(C)(=O)=O)CC3)n2c1. The molecule has 0 unspecified atom stereocenters. The van der Waals surface area contributed by atoms with E-state index in [1.165, 1.54) is 10.6 Å². The van der Waals surface area contributed by atoms with Crippen LogP contribution in [0.25, 0.3) is 5.52 Å². The minimum atomic E-state index is -3.15. The molecule has 3 heterocycles. The van der Waals surface area contributed by atoms with Crippen molar-refractivity contribution >= 4 is 27.3 Å². The first-order valence-corrected chi connectivity index (χ1v) is 10.3. The second-order valence-electron chi connectivity index (χ2n) is 6.30. The summed E-state index contributed by atoms with van der Waals surface area (Å²) in [6, 6.07) is 7.69. The number of aromatic nitrogens is 1. The van der Waals surface area contributed by atoms with Crippen molar-refractivity contribution in [1.29, 1.82) is 0 Å². The predicted octanol–water partition coefficient (Wildman–Crippen LogP) is 0.397. The first kappa shape index (κ1) is 18.7. The zero-order valence-electron chi connectivity index (χ0n) is 15.0. The summed E-state index contributed by atoms with van der Waals surface area (Å²) in [4.78, 5) is 14.4. The Morgan fingerprint density at radius 2 is 1.85 bits per heavy atom. The van der Waals surface area contributed by atoms with E-state index in [1.807, 2.05) is 28.8 Å². The number of sulfonamides is 1. The van der Waals surface area contributed by atoms with Gasteiger partial charge in [0.1, 0.15) is 5.82 Å². The monoisotopic (exact) mass is 380 g/mol. The standard InChI is InChI=1S/C17H24N4O4S/c1-25-12-7-18-17(22)14-3-4-15-5-6-16(21(15)13-14)19-8-10-20(11-9-19)26(2,23)24/h3-6,13H,7-12H2,1-2H3,(H,18,22). The summed E-state index contributed by atoms with van der Waals surface area (Å²) in [5.74, 6) is 0.810. The molecule has 0 bridgehead atoms. The zero-order valence-corrected chi connectivity index (χ0v) is 15.8. The van der Waals surface area contributed by atoms with Crippen molar-refractivity contribution in [3.05, 3.63) is 36.0 Å². The third kappa shape index (κ3) is 4.00. The number of hydrogen-bond donors (Lipinski definition) is 1. The minimum Gasteiger partial charge on any atom is -0.383 e. The van der Waals surface area contributed by atoms with E-state index in [1.54, 1.807) is 13.2 Å². The van der Waals surface area contributed by atoms with Crippen LogP contribution in [0.3, 0.4) is 0 Å². The third-order valence-electron chi connectivity index (χ3n) is 4.52. The minimum absolute atomic E-state index is 0.148. The highest BCUT2D eigenvalue weighted by molar-refractivity contribution is 7.88. The molecule has 9 heteroatoms. The summed E-state index contributed by atoms with van der Waals surface area (Å²) in [6.07, 6.45) is 3.06. The van der Waals surface area contributed by atoms with Gasteiger partial charge < -0.3 is 19.4 Å². The van der Waals surface area contributed by atoms with Crippen LogP contribution >= 0.6 is 0 Å². The van der Waals surface area contributed by atoms with Gasteiger partial charge in [0.25, 0.3) is 5.91 Å². The number of nitrogens with one attached hydrogen (secondary N) is 1. The van der Waals surface area contributed by atoms with E-state index >= 15 is 0 Å². The number of pyridine rings is 1. The van der Waals surface area contributed by atoms with E-state index in [4.69, 9.17) is 4.74 Å². The molecular formula is C17H24N4O4S. The van der Waals surface area contributed by atoms with Crippen LogP contribution in [0.5, 0.6) is 0 Å². The second-order valence-corrected chi connectivity index (χ2v) is 8.28. The van der Waals surface area contributed by atoms with Gasteiger partial charge in [-0.25, -0.2) is 8.42 Å². The maximum absolute atomic E-state index is 12.3. The van der Waals surface area contributed by atoms with Crippen molar-refractivity contribution in [1.82, 2.24) is 14.0 Å². The van der Waals surface area contributed by atoms with E-state index in [9.17, 15) is 13.2 Å². The highest BCUT2D eigenvalue weighted by Crippen LogP contribution is 2.22. The van der Waals surface area contributed by atoms with Gasteiger partial charge in [0.15, 0.2) is 0 Å². The summed E-state index contributed by atoms with van der Waals surface area (Å²) < 4.78 is 31.7. The van der Waals surface area contributed by atoms with Crippen molar-refractivity contribution in [3.63, 3.8) is 0 Å². The smallest absolute Gasteiger partial charge is 0.252 e. The van der Waals surface area contributed by atoms with Gasteiger partial charge in [-0.1, -0.05) is 0 Å². The van der Waals surface area contributed by atoms with Crippen LogP contribution in [0.2, 0.25) is 0 Å². The molecule has 0 aliphatic carbocycles. The van der Waals surface area contributed by atoms with Crippen LogP contribution < -0.4 is 10.2 Å². The van der Waals surface area contributed by atoms with E-state index in [0.29, 0.717) is 44.9 Å². The third-order valence-corrected chi connectivity index (χ3v) is 5.82. The second kappa shape index (κ2) is 7.65. The summed E-state index contributed by atoms with van der Waals surface area (Å²) in [5.41, 5.74) is 1.56. The molecule has 0 radical (unpaired) electrons. The van der Waals surface area contributed by atoms with Crippen LogP contribution in [0.4, 0.5) is 5.82 Å². The molecule has 26 heavy (non-hydrogen) atoms. The van der Waals surface area contributed by atoms with E-state index in [2.05, 4.69) is 10.2 Å². The highest BCUT2D eigenvalue weighted by atomic mass is 32.2. The Bertz CT molecular complexity index is 885. The summed E-state index contributed by atoms with van der Waals surface area (Å²) in [5, 5.41) is 2.81. The number of amides is 1. The van der Waals surface area contributed by atoms with Gasteiger partial charge in [0, 0.05) is 51.5 Å². The number of rotatable bonds is 6. The Balaban J connectivity index is 1.77. The van der Waals surface area contributed by atoms with Crippen LogP contribution in [0.15, 0.2) is 30.5 Å². The Morgan fingerprint density at radius 1 is 1.15 bits per heavy atom. The lowest BCUT2D eigenvalue weighted by Gasteiger charge is -2.34. The molecule has 8 nitrogen and oxygen atoms in total. The molecule has 2 aromatic heterocycles. The topological polar surface area (TPSA) is 83.4 Å². The fourth-order valence-electron chi connectivity index (χ4n) is 3.10. The van der Waals surface area contributed by atoms with Gasteiger partial charge in [-0.15, -0.1) is 0 Å². The number of ether oxygens (including phenoxy) is 1. The Hall–Kier alpha value is -2.10. The number of anilines is 1. The van der Waals surface area contributed by atoms with Crippen molar-refractivity contribution in [2.75, 3.05) is 57.6 Å². The fourth-order valence-corrected chi connectivity index (χ4v) is 3.92. The van der Waals surface area contributed by atoms with Gasteiger partial charge in [0.05, 0.1) is 18.4 Å². The number of carbonyl (C=O) groups is 1. The van der Waals surface area contributed by atoms with E-state index in [0.717, 1.165) is 11.3 Å². The molecule has 3 rings (SSSR count). The predicted molar refractivity (Wildman–Crippen MR) is 100 cm³/mol. The Labute approximate surface area is 153 Å². The molecule has 142 valence electrons. The quantitative estimate of drug-likeness (QED) is 0.734. The highest BCUT2D eigenvalue weighted by Gasteiger charge is 2.24. The summed E-state index contributed by atoms with van der Waals surface area (Å²) in [6.45, 7) is 3.08. The van der Waals surface area contributed by atoms with Gasteiger partial charge in [0.2, 0.25) is 10.0 Å². The fraction of sp³-hybridized carbons (Fsp3) is 0.471. The van der Waals surface area contributed by atoms with E-state index in [-0.39, 0.29) is 5.91 Å². The van der Waals surface area contributed by atoms with Crippen LogP contribution in [-0.4, -0.2) is 75.7 Å². The van der Waals surface area contributed by atoms with Gasteiger partial charge >= 0.3 is 0 Å². The molecule has 1 saturated heterocycles. The summed E-state index contributed by atoms with van der Waals surface area (Å²) in [7, 11) is -1.56. The lowest BCUT2D eigenvalue weighted by Crippen LogP contribution is -2.48. The normalized spacial score (nSPS) is 16.2. The average Bonchev–Trinajstić information content (AvgIpc) is 3.04. The van der Waals surface area contributed by atoms with Crippen molar-refractivity contribution in [2.24, 2.45) is 0 Å². The maximum Gasteiger partial charge on any atom is 0.252 e. The summed E-state index contributed by atoms with van der Waals surface area (Å²) >= 11 is 0. The van der Waals surface area contributed by atoms with Crippen molar-refractivity contribution in [3.8, 4) is 0 Å². The average molecular weight is 380 g/mol. The maximum atomic E-state index is 12.3. The molecule has 0 aromatic carbocycles. The number of hydrogen-bond acceptors (Lipinski definition) is 5. The number of carbonyl (C=O) groups excluding carboxylic acids is 1. The number of fused-ring (bicyclic) bond motifs is 1. The first-order chi connectivity index (χ1) is 12.4. The number of methoxy groups -OCH3 is 1. The molecule has 1 aliphatic rings. The molecule has 0 atom stereocenters. The number of nitrogens with zero attached hydrogens (tertiary/aromatic N) is 3. The van der Waals surface area contributed by atoms with Gasteiger partial charge in [-0.3, -0.25) is 4.79 Å². The van der Waals surface area contributed by atoms with Crippen molar-refractivity contribution in [2.45, 2.75) is 0 Å². The molecule has 1 aliphatic heterocycles. The van der Waals surface area contributed by atoms with Crippen LogP contribution in [0.1, 0.15) is 10.4 Å². The lowest BCUT2D eigenvalue weighted by molar-refractivity contribution is 0.0936. The largest absolute Gasteiger partial charge is 0.383 e.